The molecule has 0 saturated carbocycles. The Kier molecular flexibility index (Phi) is 5.75. The topological polar surface area (TPSA) is 61.8 Å². The van der Waals surface area contributed by atoms with Gasteiger partial charge in [-0.3, -0.25) is 0 Å². The van der Waals surface area contributed by atoms with E-state index >= 15 is 0 Å². The minimum absolute atomic E-state index is 0.227. The van der Waals surface area contributed by atoms with Gasteiger partial charge in [-0.15, -0.1) is 0 Å². The summed E-state index contributed by atoms with van der Waals surface area (Å²) >= 11 is -2.57. The molecule has 7 heteroatoms. The quantitative estimate of drug-likeness (QED) is 0.614. The molecule has 0 spiro atoms. The average Bonchev–Trinajstić information content (AvgIpc) is 3.06. The Balaban J connectivity index is 1.89. The molecule has 1 fully saturated rings. The van der Waals surface area contributed by atoms with Crippen LogP contribution >= 0.6 is 20.2 Å². The van der Waals surface area contributed by atoms with Gasteiger partial charge in [-0.05, 0) is 0 Å². The molecule has 2 aromatic rings. The second kappa shape index (κ2) is 7.81. The summed E-state index contributed by atoms with van der Waals surface area (Å²) in [5.41, 5.74) is 0. The van der Waals surface area contributed by atoms with Crippen LogP contribution < -0.4 is 4.74 Å². The molecular formula is C17H19IO5S. The van der Waals surface area contributed by atoms with Gasteiger partial charge in [0, 0.05) is 0 Å². The van der Waals surface area contributed by atoms with Crippen molar-refractivity contribution < 1.29 is 20.4 Å². The molecule has 1 aliphatic heterocycles. The van der Waals surface area contributed by atoms with Gasteiger partial charge in [0.2, 0.25) is 0 Å². The van der Waals surface area contributed by atoms with Crippen LogP contribution in [0.4, 0.5) is 0 Å². The van der Waals surface area contributed by atoms with Crippen LogP contribution in [0.3, 0.4) is 0 Å². The molecule has 130 valence electrons. The molecule has 0 N–H and O–H groups in total. The van der Waals surface area contributed by atoms with Crippen molar-refractivity contribution in [2.24, 2.45) is 0 Å². The predicted molar refractivity (Wildman–Crippen MR) is 99.8 cm³/mol. The van der Waals surface area contributed by atoms with E-state index in [1.54, 1.807) is 0 Å². The van der Waals surface area contributed by atoms with E-state index in [4.69, 9.17) is 12.0 Å². The van der Waals surface area contributed by atoms with Gasteiger partial charge >= 0.3 is 150 Å². The normalized spacial score (nSPS) is 18.4. The first-order valence-electron chi connectivity index (χ1n) is 7.55. The third-order valence-corrected chi connectivity index (χ3v) is 10.3. The monoisotopic (exact) mass is 462 g/mol. The van der Waals surface area contributed by atoms with Gasteiger partial charge in [0.05, 0.1) is 0 Å². The van der Waals surface area contributed by atoms with Crippen molar-refractivity contribution in [3.63, 3.8) is 0 Å². The molecule has 5 nitrogen and oxygen atoms in total. The second-order valence-corrected chi connectivity index (χ2v) is 11.9. The summed E-state index contributed by atoms with van der Waals surface area (Å²) in [6.07, 6.45) is 2.72. The molecule has 0 bridgehead atoms. The summed E-state index contributed by atoms with van der Waals surface area (Å²) in [7, 11) is -3.55. The molecule has 0 amide bonds. The zero-order valence-corrected chi connectivity index (χ0v) is 16.2. The fourth-order valence-corrected chi connectivity index (χ4v) is 8.77. The van der Waals surface area contributed by atoms with Gasteiger partial charge in [-0.25, -0.2) is 0 Å². The van der Waals surface area contributed by atoms with Crippen molar-refractivity contribution in [1.82, 2.24) is 0 Å². The molecule has 24 heavy (non-hydrogen) atoms. The molecule has 1 saturated heterocycles. The van der Waals surface area contributed by atoms with Crippen molar-refractivity contribution in [3.05, 3.63) is 61.7 Å². The van der Waals surface area contributed by atoms with Gasteiger partial charge in [0.25, 0.3) is 0 Å². The number of hydrogen-bond donors (Lipinski definition) is 0. The fourth-order valence-electron chi connectivity index (χ4n) is 2.28. The molecule has 1 heterocycles. The van der Waals surface area contributed by atoms with Crippen LogP contribution in [0.2, 0.25) is 0 Å². The Morgan fingerprint density at radius 3 is 2.50 bits per heavy atom. The average molecular weight is 462 g/mol. The van der Waals surface area contributed by atoms with E-state index in [0.717, 1.165) is 26.2 Å². The molecule has 1 aliphatic rings. The summed E-state index contributed by atoms with van der Waals surface area (Å²) in [6, 6.07) is 17.0. The number of ether oxygens (including phenoxy) is 2. The van der Waals surface area contributed by atoms with Crippen molar-refractivity contribution in [2.75, 3.05) is 12.9 Å². The first kappa shape index (κ1) is 17.7. The van der Waals surface area contributed by atoms with Crippen LogP contribution in [0.1, 0.15) is 12.8 Å². The van der Waals surface area contributed by atoms with E-state index in [0.29, 0.717) is 12.4 Å². The van der Waals surface area contributed by atoms with Gasteiger partial charge in [-0.1, -0.05) is 0 Å². The zero-order chi connectivity index (χ0) is 17.0. The summed E-state index contributed by atoms with van der Waals surface area (Å²) in [4.78, 5) is 0. The van der Waals surface area contributed by atoms with E-state index in [-0.39, 0.29) is 6.29 Å². The van der Waals surface area contributed by atoms with E-state index in [9.17, 15) is 8.42 Å². The van der Waals surface area contributed by atoms with Crippen LogP contribution in [-0.2, 0) is 17.4 Å². The SMILES string of the molecule is CS(=O)(=O)OI(c1ccccc1)c1cccc(OC2CCCO2)c1. The van der Waals surface area contributed by atoms with E-state index in [2.05, 4.69) is 0 Å². The number of halogens is 1. The summed E-state index contributed by atoms with van der Waals surface area (Å²) in [5.74, 6) is 0.676. The first-order valence-corrected chi connectivity index (χ1v) is 12.4. The maximum absolute atomic E-state index is 11.7. The molecule has 0 aliphatic carbocycles. The maximum atomic E-state index is 11.7. The number of hydrogen-bond acceptors (Lipinski definition) is 5. The Morgan fingerprint density at radius 2 is 1.83 bits per heavy atom. The van der Waals surface area contributed by atoms with E-state index in [1.807, 2.05) is 54.6 Å². The van der Waals surface area contributed by atoms with Crippen LogP contribution in [0.25, 0.3) is 0 Å². The molecule has 3 rings (SSSR count). The predicted octanol–water partition coefficient (Wildman–Crippen LogP) is 3.64. The van der Waals surface area contributed by atoms with Crippen molar-refractivity contribution in [1.29, 1.82) is 0 Å². The van der Waals surface area contributed by atoms with Gasteiger partial charge < -0.3 is 0 Å². The Morgan fingerprint density at radius 1 is 1.08 bits per heavy atom. The third-order valence-electron chi connectivity index (χ3n) is 3.26. The van der Waals surface area contributed by atoms with Crippen molar-refractivity contribution in [2.45, 2.75) is 19.1 Å². The van der Waals surface area contributed by atoms with Gasteiger partial charge in [0.1, 0.15) is 0 Å². The third kappa shape index (κ3) is 4.92. The van der Waals surface area contributed by atoms with Crippen LogP contribution in [0.5, 0.6) is 5.75 Å². The van der Waals surface area contributed by atoms with Crippen LogP contribution in [0, 0.1) is 7.14 Å². The molecule has 0 radical (unpaired) electrons. The number of rotatable bonds is 6. The van der Waals surface area contributed by atoms with Gasteiger partial charge in [-0.2, -0.15) is 0 Å². The molecule has 1 unspecified atom stereocenters. The Labute approximate surface area is 150 Å². The standard InChI is InChI=1S/C17H19IO5S/c1-24(19,20)23-18(14-7-3-2-4-8-14)15-9-5-10-16(13-15)22-17-11-6-12-21-17/h2-5,7-10,13,17H,6,11-12H2,1H3. The molecular weight excluding hydrogens is 443 g/mol. The van der Waals surface area contributed by atoms with E-state index < -0.39 is 30.4 Å². The Hall–Kier alpha value is -1.16. The molecule has 0 aromatic heterocycles. The number of benzene rings is 2. The summed E-state index contributed by atoms with van der Waals surface area (Å²) in [6.45, 7) is 0.712. The summed E-state index contributed by atoms with van der Waals surface area (Å²) in [5, 5.41) is 0. The Bertz CT molecular complexity index is 773. The van der Waals surface area contributed by atoms with E-state index in [1.165, 1.54) is 0 Å². The molecule has 1 atom stereocenters. The summed E-state index contributed by atoms with van der Waals surface area (Å²) < 4.78 is 42.0. The zero-order valence-electron chi connectivity index (χ0n) is 13.2. The van der Waals surface area contributed by atoms with Crippen LogP contribution in [0.15, 0.2) is 54.6 Å². The van der Waals surface area contributed by atoms with Gasteiger partial charge in [0.15, 0.2) is 0 Å². The first-order chi connectivity index (χ1) is 11.5. The second-order valence-electron chi connectivity index (χ2n) is 5.33. The van der Waals surface area contributed by atoms with Crippen molar-refractivity contribution >= 4 is 30.4 Å². The van der Waals surface area contributed by atoms with Crippen molar-refractivity contribution in [3.8, 4) is 5.75 Å². The fraction of sp³-hybridized carbons (Fsp3) is 0.294. The minimum atomic E-state index is -3.55. The molecule has 2 aromatic carbocycles. The van der Waals surface area contributed by atoms with Crippen LogP contribution in [-0.4, -0.2) is 27.6 Å².